The highest BCUT2D eigenvalue weighted by Crippen LogP contribution is 2.47. The van der Waals surface area contributed by atoms with Gasteiger partial charge in [0.05, 0.1) is 17.6 Å². The fourth-order valence-corrected chi connectivity index (χ4v) is 3.87. The van der Waals surface area contributed by atoms with Crippen LogP contribution in [0, 0.1) is 6.92 Å². The first-order chi connectivity index (χ1) is 10.1. The SMILES string of the molecule is COc1ccccc1[C@@H]1S[C@H](C)C(=O)Nc2n[nH]c(C)c21. The number of anilines is 1. The van der Waals surface area contributed by atoms with Crippen molar-refractivity contribution in [3.05, 3.63) is 41.1 Å². The predicted octanol–water partition coefficient (Wildman–Crippen LogP) is 2.89. The van der Waals surface area contributed by atoms with Gasteiger partial charge >= 0.3 is 0 Å². The number of fused-ring (bicyclic) bond motifs is 1. The van der Waals surface area contributed by atoms with Gasteiger partial charge in [-0.2, -0.15) is 5.10 Å². The minimum atomic E-state index is -0.159. The summed E-state index contributed by atoms with van der Waals surface area (Å²) >= 11 is 1.61. The first-order valence-electron chi connectivity index (χ1n) is 6.76. The van der Waals surface area contributed by atoms with E-state index in [0.29, 0.717) is 5.82 Å². The van der Waals surface area contributed by atoms with Gasteiger partial charge in [-0.15, -0.1) is 11.8 Å². The molecule has 1 amide bonds. The predicted molar refractivity (Wildman–Crippen MR) is 83.8 cm³/mol. The number of ether oxygens (including phenoxy) is 1. The number of para-hydroxylation sites is 1. The zero-order valence-corrected chi connectivity index (χ0v) is 13.0. The Bertz CT molecular complexity index is 683. The van der Waals surface area contributed by atoms with Gasteiger partial charge in [-0.1, -0.05) is 18.2 Å². The lowest BCUT2D eigenvalue weighted by atomic mass is 10.0. The third-order valence-electron chi connectivity index (χ3n) is 3.63. The van der Waals surface area contributed by atoms with E-state index in [2.05, 4.69) is 15.5 Å². The first-order valence-corrected chi connectivity index (χ1v) is 7.70. The molecule has 2 aromatic rings. The van der Waals surface area contributed by atoms with Crippen molar-refractivity contribution < 1.29 is 9.53 Å². The molecule has 2 N–H and O–H groups in total. The summed E-state index contributed by atoms with van der Waals surface area (Å²) < 4.78 is 5.48. The molecule has 3 rings (SSSR count). The normalized spacial score (nSPS) is 21.4. The number of aromatic nitrogens is 2. The van der Waals surface area contributed by atoms with Gasteiger partial charge in [0.15, 0.2) is 5.82 Å². The first kappa shape index (κ1) is 14.0. The lowest BCUT2D eigenvalue weighted by molar-refractivity contribution is -0.115. The second kappa shape index (κ2) is 5.44. The Morgan fingerprint density at radius 2 is 2.10 bits per heavy atom. The molecule has 1 aromatic carbocycles. The Hall–Kier alpha value is -1.95. The maximum atomic E-state index is 12.1. The molecule has 0 aliphatic carbocycles. The number of H-pyrrole nitrogens is 1. The van der Waals surface area contributed by atoms with Crippen LogP contribution < -0.4 is 10.1 Å². The molecule has 110 valence electrons. The van der Waals surface area contributed by atoms with E-state index in [4.69, 9.17) is 4.74 Å². The van der Waals surface area contributed by atoms with Gasteiger partial charge in [-0.05, 0) is 19.9 Å². The molecular formula is C15H17N3O2S. The topological polar surface area (TPSA) is 67.0 Å². The molecular weight excluding hydrogens is 286 g/mol. The zero-order valence-electron chi connectivity index (χ0n) is 12.1. The highest BCUT2D eigenvalue weighted by atomic mass is 32.2. The lowest BCUT2D eigenvalue weighted by Gasteiger charge is -2.19. The minimum absolute atomic E-state index is 0.00356. The number of benzene rings is 1. The Morgan fingerprint density at radius 3 is 2.86 bits per heavy atom. The third kappa shape index (κ3) is 2.40. The fourth-order valence-electron chi connectivity index (χ4n) is 2.52. The maximum absolute atomic E-state index is 12.1. The summed E-state index contributed by atoms with van der Waals surface area (Å²) in [6.45, 7) is 3.88. The number of hydrogen-bond acceptors (Lipinski definition) is 4. The van der Waals surface area contributed by atoms with E-state index in [9.17, 15) is 4.79 Å². The molecule has 6 heteroatoms. The molecule has 2 atom stereocenters. The van der Waals surface area contributed by atoms with Crippen molar-refractivity contribution in [2.75, 3.05) is 12.4 Å². The molecule has 21 heavy (non-hydrogen) atoms. The summed E-state index contributed by atoms with van der Waals surface area (Å²) in [4.78, 5) is 12.1. The Balaban J connectivity index is 2.16. The summed E-state index contributed by atoms with van der Waals surface area (Å²) in [5.41, 5.74) is 3.03. The van der Waals surface area contributed by atoms with Crippen molar-refractivity contribution in [3.63, 3.8) is 0 Å². The summed E-state index contributed by atoms with van der Waals surface area (Å²) in [5.74, 6) is 1.42. The second-order valence-electron chi connectivity index (χ2n) is 5.00. The fraction of sp³-hybridized carbons (Fsp3) is 0.333. The van der Waals surface area contributed by atoms with Crippen LogP contribution in [0.4, 0.5) is 5.82 Å². The number of nitrogens with one attached hydrogen (secondary N) is 2. The summed E-state index contributed by atoms with van der Waals surface area (Å²) in [7, 11) is 1.66. The number of amides is 1. The van der Waals surface area contributed by atoms with Gasteiger partial charge in [-0.3, -0.25) is 9.89 Å². The van der Waals surface area contributed by atoms with Crippen LogP contribution in [0.2, 0.25) is 0 Å². The molecule has 0 radical (unpaired) electrons. The van der Waals surface area contributed by atoms with Gasteiger partial charge in [0.1, 0.15) is 5.75 Å². The van der Waals surface area contributed by atoms with E-state index in [1.165, 1.54) is 0 Å². The van der Waals surface area contributed by atoms with Crippen LogP contribution in [0.1, 0.15) is 29.0 Å². The number of carbonyl (C=O) groups excluding carboxylic acids is 1. The number of nitrogens with zero attached hydrogens (tertiary/aromatic N) is 1. The number of thioether (sulfide) groups is 1. The quantitative estimate of drug-likeness (QED) is 0.895. The molecule has 0 bridgehead atoms. The summed E-state index contributed by atoms with van der Waals surface area (Å²) in [6, 6.07) is 7.91. The molecule has 0 saturated carbocycles. The van der Waals surface area contributed by atoms with Crippen molar-refractivity contribution in [1.82, 2.24) is 10.2 Å². The van der Waals surface area contributed by atoms with E-state index in [1.807, 2.05) is 38.1 Å². The second-order valence-corrected chi connectivity index (χ2v) is 6.45. The summed E-state index contributed by atoms with van der Waals surface area (Å²) in [6.07, 6.45) is 0. The molecule has 1 aromatic heterocycles. The van der Waals surface area contributed by atoms with Gasteiger partial charge in [0, 0.05) is 16.8 Å². The number of aryl methyl sites for hydroxylation is 1. The van der Waals surface area contributed by atoms with Gasteiger partial charge < -0.3 is 10.1 Å². The van der Waals surface area contributed by atoms with Crippen LogP contribution in [0.5, 0.6) is 5.75 Å². The molecule has 1 aliphatic rings. The monoisotopic (exact) mass is 303 g/mol. The highest BCUT2D eigenvalue weighted by molar-refractivity contribution is 8.01. The number of rotatable bonds is 2. The van der Waals surface area contributed by atoms with Crippen molar-refractivity contribution in [1.29, 1.82) is 0 Å². The molecule has 1 aliphatic heterocycles. The number of carbonyl (C=O) groups is 1. The molecule has 0 spiro atoms. The number of aromatic amines is 1. The van der Waals surface area contributed by atoms with Crippen LogP contribution >= 0.6 is 11.8 Å². The van der Waals surface area contributed by atoms with E-state index < -0.39 is 0 Å². The molecule has 0 fully saturated rings. The smallest absolute Gasteiger partial charge is 0.238 e. The van der Waals surface area contributed by atoms with Crippen LogP contribution in [-0.4, -0.2) is 28.5 Å². The lowest BCUT2D eigenvalue weighted by Crippen LogP contribution is -2.21. The third-order valence-corrected chi connectivity index (χ3v) is 5.01. The van der Waals surface area contributed by atoms with Crippen molar-refractivity contribution in [2.45, 2.75) is 24.3 Å². The van der Waals surface area contributed by atoms with Gasteiger partial charge in [-0.25, -0.2) is 0 Å². The van der Waals surface area contributed by atoms with Crippen LogP contribution in [0.25, 0.3) is 0 Å². The zero-order chi connectivity index (χ0) is 15.0. The molecule has 5 nitrogen and oxygen atoms in total. The van der Waals surface area contributed by atoms with Gasteiger partial charge in [0.25, 0.3) is 0 Å². The molecule has 0 unspecified atom stereocenters. The van der Waals surface area contributed by atoms with Crippen molar-refractivity contribution >= 4 is 23.5 Å². The van der Waals surface area contributed by atoms with Crippen molar-refractivity contribution in [3.8, 4) is 5.75 Å². The van der Waals surface area contributed by atoms with E-state index in [-0.39, 0.29) is 16.4 Å². The minimum Gasteiger partial charge on any atom is -0.496 e. The van der Waals surface area contributed by atoms with E-state index in [1.54, 1.807) is 18.9 Å². The molecule has 2 heterocycles. The number of methoxy groups -OCH3 is 1. The standard InChI is InChI=1S/C15H17N3O2S/c1-8-12-13(10-6-4-5-7-11(10)20-3)21-9(2)15(19)16-14(12)18-17-8/h4-7,9,13H,1-3H3,(H2,16,17,18,19)/t9-,13+/m1/s1. The van der Waals surface area contributed by atoms with Crippen LogP contribution in [0.15, 0.2) is 24.3 Å². The van der Waals surface area contributed by atoms with Crippen LogP contribution in [-0.2, 0) is 4.79 Å². The van der Waals surface area contributed by atoms with Gasteiger partial charge in [0.2, 0.25) is 5.91 Å². The largest absolute Gasteiger partial charge is 0.496 e. The number of hydrogen-bond donors (Lipinski definition) is 2. The average Bonchev–Trinajstić information content (AvgIpc) is 2.79. The maximum Gasteiger partial charge on any atom is 0.238 e. The highest BCUT2D eigenvalue weighted by Gasteiger charge is 2.33. The Labute approximate surface area is 127 Å². The van der Waals surface area contributed by atoms with Crippen LogP contribution in [0.3, 0.4) is 0 Å². The molecule has 0 saturated heterocycles. The Kier molecular flexibility index (Phi) is 3.63. The van der Waals surface area contributed by atoms with Crippen molar-refractivity contribution in [2.24, 2.45) is 0 Å². The van der Waals surface area contributed by atoms with E-state index >= 15 is 0 Å². The van der Waals surface area contributed by atoms with E-state index in [0.717, 1.165) is 22.6 Å². The average molecular weight is 303 g/mol. The summed E-state index contributed by atoms with van der Waals surface area (Å²) in [5, 5.41) is 9.91. The Morgan fingerprint density at radius 1 is 1.33 bits per heavy atom.